The van der Waals surface area contributed by atoms with Crippen LogP contribution in [0.5, 0.6) is 0 Å². The number of aromatic nitrogens is 1. The SMILES string of the molecule is CSc1ccc(CCNC(=O)c2cc3cccc4c3n2CC(C)S4)cc1. The Morgan fingerprint density at radius 1 is 1.27 bits per heavy atom. The third-order valence-electron chi connectivity index (χ3n) is 4.74. The summed E-state index contributed by atoms with van der Waals surface area (Å²) in [5, 5.41) is 4.72. The lowest BCUT2D eigenvalue weighted by Gasteiger charge is -2.22. The first-order chi connectivity index (χ1) is 12.7. The predicted octanol–water partition coefficient (Wildman–Crippen LogP) is 4.83. The quantitative estimate of drug-likeness (QED) is 0.642. The Bertz CT molecular complexity index is 947. The first-order valence-corrected chi connectivity index (χ1v) is 11.0. The number of rotatable bonds is 5. The highest BCUT2D eigenvalue weighted by molar-refractivity contribution is 8.00. The highest BCUT2D eigenvalue weighted by Gasteiger charge is 2.23. The van der Waals surface area contributed by atoms with Gasteiger partial charge in [-0.05, 0) is 42.5 Å². The van der Waals surface area contributed by atoms with Gasteiger partial charge < -0.3 is 9.88 Å². The summed E-state index contributed by atoms with van der Waals surface area (Å²) in [5.41, 5.74) is 3.22. The van der Waals surface area contributed by atoms with Gasteiger partial charge in [0.2, 0.25) is 0 Å². The molecule has 0 spiro atoms. The fourth-order valence-corrected chi connectivity index (χ4v) is 5.04. The smallest absolute Gasteiger partial charge is 0.267 e. The van der Waals surface area contributed by atoms with E-state index in [9.17, 15) is 4.79 Å². The molecule has 3 nitrogen and oxygen atoms in total. The molecule has 4 rings (SSSR count). The zero-order valence-corrected chi connectivity index (χ0v) is 16.6. The number of benzene rings is 2. The van der Waals surface area contributed by atoms with E-state index in [2.05, 4.69) is 65.5 Å². The first-order valence-electron chi connectivity index (χ1n) is 8.86. The van der Waals surface area contributed by atoms with Crippen LogP contribution < -0.4 is 5.32 Å². The van der Waals surface area contributed by atoms with E-state index in [0.717, 1.165) is 24.0 Å². The lowest BCUT2D eigenvalue weighted by molar-refractivity contribution is 0.0945. The molecule has 2 heterocycles. The molecule has 1 amide bonds. The van der Waals surface area contributed by atoms with Gasteiger partial charge in [-0.2, -0.15) is 0 Å². The fourth-order valence-electron chi connectivity index (χ4n) is 3.48. The molecule has 0 radical (unpaired) electrons. The maximum atomic E-state index is 12.8. The van der Waals surface area contributed by atoms with Crippen LogP contribution in [0.1, 0.15) is 23.0 Å². The summed E-state index contributed by atoms with van der Waals surface area (Å²) in [5.74, 6) is 0.0204. The Morgan fingerprint density at radius 3 is 2.85 bits per heavy atom. The van der Waals surface area contributed by atoms with Gasteiger partial charge in [-0.15, -0.1) is 23.5 Å². The third-order valence-corrected chi connectivity index (χ3v) is 6.62. The van der Waals surface area contributed by atoms with E-state index in [1.807, 2.05) is 17.8 Å². The topological polar surface area (TPSA) is 34.0 Å². The number of carbonyl (C=O) groups excluding carboxylic acids is 1. The van der Waals surface area contributed by atoms with Gasteiger partial charge in [-0.25, -0.2) is 0 Å². The van der Waals surface area contributed by atoms with Crippen LogP contribution in [0.3, 0.4) is 0 Å². The largest absolute Gasteiger partial charge is 0.350 e. The van der Waals surface area contributed by atoms with Gasteiger partial charge >= 0.3 is 0 Å². The molecule has 134 valence electrons. The second-order valence-electron chi connectivity index (χ2n) is 6.62. The summed E-state index contributed by atoms with van der Waals surface area (Å²) < 4.78 is 2.19. The van der Waals surface area contributed by atoms with Crippen LogP contribution in [-0.4, -0.2) is 28.5 Å². The van der Waals surface area contributed by atoms with E-state index in [-0.39, 0.29) is 5.91 Å². The van der Waals surface area contributed by atoms with Crippen molar-refractivity contribution in [1.82, 2.24) is 9.88 Å². The summed E-state index contributed by atoms with van der Waals surface area (Å²) in [6.45, 7) is 3.74. The van der Waals surface area contributed by atoms with Gasteiger partial charge in [0.1, 0.15) is 5.69 Å². The number of nitrogens with zero attached hydrogens (tertiary/aromatic N) is 1. The van der Waals surface area contributed by atoms with E-state index >= 15 is 0 Å². The van der Waals surface area contributed by atoms with E-state index in [1.54, 1.807) is 11.8 Å². The van der Waals surface area contributed by atoms with Crippen molar-refractivity contribution >= 4 is 40.3 Å². The summed E-state index contributed by atoms with van der Waals surface area (Å²) >= 11 is 3.64. The molecule has 26 heavy (non-hydrogen) atoms. The molecular weight excluding hydrogens is 360 g/mol. The summed E-state index contributed by atoms with van der Waals surface area (Å²) in [4.78, 5) is 15.3. The number of hydrogen-bond donors (Lipinski definition) is 1. The zero-order chi connectivity index (χ0) is 18.1. The van der Waals surface area contributed by atoms with Crippen LogP contribution in [0.2, 0.25) is 0 Å². The Kier molecular flexibility index (Phi) is 5.00. The molecule has 1 unspecified atom stereocenters. The second kappa shape index (κ2) is 7.41. The summed E-state index contributed by atoms with van der Waals surface area (Å²) in [6.07, 6.45) is 2.92. The monoisotopic (exact) mass is 382 g/mol. The van der Waals surface area contributed by atoms with Gasteiger partial charge in [0, 0.05) is 33.5 Å². The van der Waals surface area contributed by atoms with Crippen molar-refractivity contribution in [3.63, 3.8) is 0 Å². The summed E-state index contributed by atoms with van der Waals surface area (Å²) in [7, 11) is 0. The Hall–Kier alpha value is -1.85. The van der Waals surface area contributed by atoms with Crippen molar-refractivity contribution < 1.29 is 4.79 Å². The Labute approximate surface area is 162 Å². The molecule has 0 bridgehead atoms. The molecule has 0 fully saturated rings. The number of hydrogen-bond acceptors (Lipinski definition) is 3. The standard InChI is InChI=1S/C21H22N2OS2/c1-14-13-23-18(12-16-4-3-5-19(26-14)20(16)23)21(24)22-11-10-15-6-8-17(25-2)9-7-15/h3-9,12,14H,10-11,13H2,1-2H3,(H,22,24). The molecule has 0 aliphatic carbocycles. The Morgan fingerprint density at radius 2 is 2.08 bits per heavy atom. The highest BCUT2D eigenvalue weighted by atomic mass is 32.2. The van der Waals surface area contributed by atoms with Crippen molar-refractivity contribution in [2.75, 3.05) is 12.8 Å². The fraction of sp³-hybridized carbons (Fsp3) is 0.286. The zero-order valence-electron chi connectivity index (χ0n) is 15.0. The molecule has 0 saturated heterocycles. The molecule has 1 atom stereocenters. The molecule has 1 aliphatic rings. The van der Waals surface area contributed by atoms with Crippen LogP contribution in [0.15, 0.2) is 58.3 Å². The van der Waals surface area contributed by atoms with Gasteiger partial charge in [0.25, 0.3) is 5.91 Å². The minimum atomic E-state index is 0.0204. The van der Waals surface area contributed by atoms with E-state index in [4.69, 9.17) is 0 Å². The molecule has 2 aromatic carbocycles. The molecule has 1 aliphatic heterocycles. The van der Waals surface area contributed by atoms with Gasteiger partial charge in [0.15, 0.2) is 0 Å². The molecule has 1 N–H and O–H groups in total. The van der Waals surface area contributed by atoms with Crippen LogP contribution in [0, 0.1) is 0 Å². The van der Waals surface area contributed by atoms with E-state index in [0.29, 0.717) is 11.8 Å². The minimum Gasteiger partial charge on any atom is -0.350 e. The van der Waals surface area contributed by atoms with Crippen molar-refractivity contribution in [1.29, 1.82) is 0 Å². The highest BCUT2D eigenvalue weighted by Crippen LogP contribution is 2.38. The van der Waals surface area contributed by atoms with Crippen molar-refractivity contribution in [3.8, 4) is 0 Å². The number of para-hydroxylation sites is 1. The lowest BCUT2D eigenvalue weighted by atomic mass is 10.1. The average Bonchev–Trinajstić information content (AvgIpc) is 3.02. The van der Waals surface area contributed by atoms with Crippen LogP contribution in [0.4, 0.5) is 0 Å². The minimum absolute atomic E-state index is 0.0204. The van der Waals surface area contributed by atoms with Crippen molar-refractivity contribution in [2.45, 2.75) is 34.9 Å². The first kappa shape index (κ1) is 17.6. The predicted molar refractivity (Wildman–Crippen MR) is 112 cm³/mol. The number of carbonyl (C=O) groups is 1. The van der Waals surface area contributed by atoms with E-state index in [1.165, 1.54) is 20.9 Å². The Balaban J connectivity index is 1.48. The van der Waals surface area contributed by atoms with Crippen LogP contribution in [-0.2, 0) is 13.0 Å². The molecular formula is C21H22N2OS2. The normalized spacial score (nSPS) is 16.0. The number of amides is 1. The average molecular weight is 383 g/mol. The van der Waals surface area contributed by atoms with E-state index < -0.39 is 0 Å². The van der Waals surface area contributed by atoms with Gasteiger partial charge in [0.05, 0.1) is 5.52 Å². The molecule has 5 heteroatoms. The lowest BCUT2D eigenvalue weighted by Crippen LogP contribution is -2.29. The molecule has 0 saturated carbocycles. The molecule has 1 aromatic heterocycles. The number of nitrogens with one attached hydrogen (secondary N) is 1. The van der Waals surface area contributed by atoms with Gasteiger partial charge in [-0.1, -0.05) is 31.2 Å². The second-order valence-corrected chi connectivity index (χ2v) is 8.98. The van der Waals surface area contributed by atoms with Crippen molar-refractivity contribution in [2.24, 2.45) is 0 Å². The maximum Gasteiger partial charge on any atom is 0.267 e. The summed E-state index contributed by atoms with van der Waals surface area (Å²) in [6, 6.07) is 16.9. The molecule has 3 aromatic rings. The van der Waals surface area contributed by atoms with Gasteiger partial charge in [-0.3, -0.25) is 4.79 Å². The van der Waals surface area contributed by atoms with Crippen LogP contribution in [0.25, 0.3) is 10.9 Å². The van der Waals surface area contributed by atoms with Crippen LogP contribution >= 0.6 is 23.5 Å². The third kappa shape index (κ3) is 3.38. The maximum absolute atomic E-state index is 12.8. The van der Waals surface area contributed by atoms with Crippen molar-refractivity contribution in [3.05, 3.63) is 59.8 Å². The number of thioether (sulfide) groups is 2.